The lowest BCUT2D eigenvalue weighted by molar-refractivity contribution is -0.117. The van der Waals surface area contributed by atoms with E-state index in [2.05, 4.69) is 22.5 Å². The molecule has 198 valence electrons. The zero-order valence-electron chi connectivity index (χ0n) is 21.3. The number of carbonyl (C=O) groups is 2. The third-order valence-electron chi connectivity index (χ3n) is 6.94. The Morgan fingerprint density at radius 1 is 1.05 bits per heavy atom. The van der Waals surface area contributed by atoms with Crippen molar-refractivity contribution in [2.24, 2.45) is 5.92 Å². The molecule has 9 heteroatoms. The van der Waals surface area contributed by atoms with Crippen LogP contribution in [0.5, 0.6) is 0 Å². The summed E-state index contributed by atoms with van der Waals surface area (Å²) in [5, 5.41) is 7.04. The number of nitrogens with one attached hydrogen (secondary N) is 2. The number of hydrogen-bond donors (Lipinski definition) is 2. The van der Waals surface area contributed by atoms with E-state index in [-0.39, 0.29) is 29.8 Å². The average molecular weight is 545 g/mol. The molecule has 0 aliphatic heterocycles. The predicted octanol–water partition coefficient (Wildman–Crippen LogP) is 6.88. The number of amides is 2. The van der Waals surface area contributed by atoms with Crippen molar-refractivity contribution in [1.29, 1.82) is 0 Å². The van der Waals surface area contributed by atoms with Crippen LogP contribution in [0.4, 0.5) is 13.9 Å². The van der Waals surface area contributed by atoms with E-state index in [0.717, 1.165) is 76.3 Å². The van der Waals surface area contributed by atoms with E-state index in [1.54, 1.807) is 0 Å². The second-order valence-electron chi connectivity index (χ2n) is 9.85. The molecular formula is C30H26F2N4O2S. The summed E-state index contributed by atoms with van der Waals surface area (Å²) in [6.07, 6.45) is 4.58. The maximum atomic E-state index is 14.1. The number of hydrogen-bond acceptors (Lipinski definition) is 4. The first kappa shape index (κ1) is 25.2. The van der Waals surface area contributed by atoms with Crippen LogP contribution in [0, 0.1) is 17.6 Å². The number of aromatic nitrogens is 2. The van der Waals surface area contributed by atoms with Crippen molar-refractivity contribution in [2.45, 2.75) is 39.3 Å². The quantitative estimate of drug-likeness (QED) is 0.224. The van der Waals surface area contributed by atoms with E-state index < -0.39 is 11.6 Å². The fraction of sp³-hybridized carbons (Fsp3) is 0.233. The second-order valence-corrected chi connectivity index (χ2v) is 10.9. The first-order chi connectivity index (χ1) is 18.9. The van der Waals surface area contributed by atoms with Crippen LogP contribution in [0.2, 0.25) is 0 Å². The number of fused-ring (bicyclic) bond motifs is 2. The van der Waals surface area contributed by atoms with Crippen LogP contribution in [0.15, 0.2) is 60.8 Å². The van der Waals surface area contributed by atoms with Gasteiger partial charge in [0.05, 0.1) is 15.8 Å². The molecule has 6 nitrogen and oxygen atoms in total. The van der Waals surface area contributed by atoms with Gasteiger partial charge < -0.3 is 15.2 Å². The van der Waals surface area contributed by atoms with E-state index in [1.807, 2.05) is 47.2 Å². The molecule has 39 heavy (non-hydrogen) atoms. The minimum atomic E-state index is -0.568. The van der Waals surface area contributed by atoms with Crippen molar-refractivity contribution in [3.63, 3.8) is 0 Å². The number of aryl methyl sites for hydroxylation is 1. The van der Waals surface area contributed by atoms with Gasteiger partial charge >= 0.3 is 0 Å². The minimum absolute atomic E-state index is 0.0299. The Balaban J connectivity index is 1.31. The van der Waals surface area contributed by atoms with Crippen LogP contribution >= 0.6 is 11.3 Å². The summed E-state index contributed by atoms with van der Waals surface area (Å²) in [7, 11) is 0. The molecule has 2 N–H and O–H groups in total. The van der Waals surface area contributed by atoms with E-state index in [4.69, 9.17) is 0 Å². The SMILES string of the molecule is CCCn1cc(C(=O)NCc2cc(F)ccc2F)c2cc(-c3ccc4nc(NC(=O)C5CC5)sc4c3)ccc21. The molecule has 2 amide bonds. The number of nitrogens with zero attached hydrogens (tertiary/aromatic N) is 2. The first-order valence-electron chi connectivity index (χ1n) is 13.0. The molecule has 5 aromatic rings. The van der Waals surface area contributed by atoms with Gasteiger partial charge in [-0.05, 0) is 72.9 Å². The van der Waals surface area contributed by atoms with Gasteiger partial charge in [0.25, 0.3) is 5.91 Å². The summed E-state index contributed by atoms with van der Waals surface area (Å²) in [4.78, 5) is 29.9. The maximum absolute atomic E-state index is 14.1. The molecule has 2 heterocycles. The fourth-order valence-electron chi connectivity index (χ4n) is 4.74. The number of thiazole rings is 1. The highest BCUT2D eigenvalue weighted by molar-refractivity contribution is 7.22. The second kappa shape index (κ2) is 10.2. The van der Waals surface area contributed by atoms with Crippen LogP contribution in [-0.4, -0.2) is 21.4 Å². The molecular weight excluding hydrogens is 518 g/mol. The van der Waals surface area contributed by atoms with Crippen LogP contribution < -0.4 is 10.6 Å². The molecule has 0 atom stereocenters. The van der Waals surface area contributed by atoms with E-state index in [0.29, 0.717) is 10.7 Å². The van der Waals surface area contributed by atoms with Gasteiger partial charge in [-0.1, -0.05) is 30.4 Å². The smallest absolute Gasteiger partial charge is 0.253 e. The number of halogens is 2. The van der Waals surface area contributed by atoms with Crippen molar-refractivity contribution in [3.8, 4) is 11.1 Å². The molecule has 2 aromatic heterocycles. The van der Waals surface area contributed by atoms with Crippen molar-refractivity contribution in [3.05, 3.63) is 83.6 Å². The lowest BCUT2D eigenvalue weighted by atomic mass is 10.0. The van der Waals surface area contributed by atoms with Gasteiger partial charge in [0.15, 0.2) is 5.13 Å². The summed E-state index contributed by atoms with van der Waals surface area (Å²) >= 11 is 1.44. The summed E-state index contributed by atoms with van der Waals surface area (Å²) in [5.74, 6) is -1.34. The van der Waals surface area contributed by atoms with Gasteiger partial charge in [-0.2, -0.15) is 0 Å². The molecule has 1 aliphatic rings. The zero-order valence-corrected chi connectivity index (χ0v) is 22.1. The Labute approximate surface area is 227 Å². The van der Waals surface area contributed by atoms with Crippen molar-refractivity contribution in [2.75, 3.05) is 5.32 Å². The third kappa shape index (κ3) is 5.14. The Hall–Kier alpha value is -4.11. The average Bonchev–Trinajstić information content (AvgIpc) is 3.62. The van der Waals surface area contributed by atoms with E-state index in [9.17, 15) is 18.4 Å². The minimum Gasteiger partial charge on any atom is -0.348 e. The van der Waals surface area contributed by atoms with Gasteiger partial charge in [0.1, 0.15) is 11.6 Å². The first-order valence-corrected chi connectivity index (χ1v) is 13.8. The van der Waals surface area contributed by atoms with E-state index in [1.165, 1.54) is 11.3 Å². The Morgan fingerprint density at radius 3 is 2.64 bits per heavy atom. The largest absolute Gasteiger partial charge is 0.348 e. The summed E-state index contributed by atoms with van der Waals surface area (Å²) in [5.41, 5.74) is 4.19. The van der Waals surface area contributed by atoms with Gasteiger partial charge in [-0.25, -0.2) is 13.8 Å². The molecule has 3 aromatic carbocycles. The summed E-state index contributed by atoms with van der Waals surface area (Å²) < 4.78 is 30.7. The molecule has 1 aliphatic carbocycles. The molecule has 6 rings (SSSR count). The van der Waals surface area contributed by atoms with Gasteiger partial charge in [-0.3, -0.25) is 9.59 Å². The number of rotatable bonds is 8. The molecule has 0 unspecified atom stereocenters. The Kier molecular flexibility index (Phi) is 6.60. The lowest BCUT2D eigenvalue weighted by Gasteiger charge is -2.07. The summed E-state index contributed by atoms with van der Waals surface area (Å²) in [6, 6.07) is 15.2. The van der Waals surface area contributed by atoms with Crippen molar-refractivity contribution in [1.82, 2.24) is 14.9 Å². The topological polar surface area (TPSA) is 76.0 Å². The highest BCUT2D eigenvalue weighted by Gasteiger charge is 2.30. The molecule has 1 fully saturated rings. The molecule has 0 bridgehead atoms. The summed E-state index contributed by atoms with van der Waals surface area (Å²) in [6.45, 7) is 2.69. The van der Waals surface area contributed by atoms with Crippen molar-refractivity contribution < 1.29 is 18.4 Å². The number of carbonyl (C=O) groups excluding carboxylic acids is 2. The monoisotopic (exact) mass is 544 g/mol. The molecule has 1 saturated carbocycles. The molecule has 0 saturated heterocycles. The highest BCUT2D eigenvalue weighted by Crippen LogP contribution is 2.35. The van der Waals surface area contributed by atoms with Gasteiger partial charge in [0.2, 0.25) is 5.91 Å². The number of benzene rings is 3. The highest BCUT2D eigenvalue weighted by atomic mass is 32.1. The van der Waals surface area contributed by atoms with Gasteiger partial charge in [0, 0.05) is 41.7 Å². The third-order valence-corrected chi connectivity index (χ3v) is 7.87. The Morgan fingerprint density at radius 2 is 1.85 bits per heavy atom. The normalized spacial score (nSPS) is 13.2. The Bertz CT molecular complexity index is 1740. The predicted molar refractivity (Wildman–Crippen MR) is 150 cm³/mol. The standard InChI is InChI=1S/C30H26F2N4O2S/c1-2-11-36-16-23(29(38)33-15-20-12-21(31)7-8-24(20)32)22-13-18(6-10-26(22)36)19-5-9-25-27(14-19)39-30(34-25)35-28(37)17-3-4-17/h5-10,12-14,16-17H,2-4,11,15H2,1H3,(H,33,38)(H,34,35,37). The van der Waals surface area contributed by atoms with Crippen LogP contribution in [0.25, 0.3) is 32.2 Å². The van der Waals surface area contributed by atoms with Crippen molar-refractivity contribution >= 4 is 49.4 Å². The van der Waals surface area contributed by atoms with Crippen LogP contribution in [-0.2, 0) is 17.9 Å². The van der Waals surface area contributed by atoms with Crippen LogP contribution in [0.1, 0.15) is 42.1 Å². The molecule has 0 radical (unpaired) electrons. The van der Waals surface area contributed by atoms with Crippen LogP contribution in [0.3, 0.4) is 0 Å². The zero-order chi connectivity index (χ0) is 27.1. The molecule has 0 spiro atoms. The fourth-order valence-corrected chi connectivity index (χ4v) is 5.65. The number of anilines is 1. The van der Waals surface area contributed by atoms with Gasteiger partial charge in [-0.15, -0.1) is 0 Å². The maximum Gasteiger partial charge on any atom is 0.253 e. The van der Waals surface area contributed by atoms with E-state index >= 15 is 0 Å². The lowest BCUT2D eigenvalue weighted by Crippen LogP contribution is -2.23.